The van der Waals surface area contributed by atoms with Gasteiger partial charge in [-0.25, -0.2) is 0 Å². The van der Waals surface area contributed by atoms with Crippen LogP contribution in [0.4, 0.5) is 5.69 Å². The van der Waals surface area contributed by atoms with Gasteiger partial charge in [0.2, 0.25) is 0 Å². The molecule has 1 N–H and O–H groups in total. The summed E-state index contributed by atoms with van der Waals surface area (Å²) in [6.45, 7) is 10.1. The highest BCUT2D eigenvalue weighted by Gasteiger charge is 2.23. The van der Waals surface area contributed by atoms with E-state index in [1.54, 1.807) is 0 Å². The van der Waals surface area contributed by atoms with Gasteiger partial charge in [0, 0.05) is 24.8 Å². The summed E-state index contributed by atoms with van der Waals surface area (Å²) in [5.41, 5.74) is 2.80. The topological polar surface area (TPSA) is 15.3 Å². The molecule has 21 heavy (non-hydrogen) atoms. The molecule has 1 aliphatic rings. The van der Waals surface area contributed by atoms with Gasteiger partial charge in [-0.2, -0.15) is 0 Å². The minimum absolute atomic E-state index is 0.719. The molecule has 0 unspecified atom stereocenters. The van der Waals surface area contributed by atoms with E-state index in [9.17, 15) is 0 Å². The summed E-state index contributed by atoms with van der Waals surface area (Å²) in [7, 11) is 0. The van der Waals surface area contributed by atoms with Crippen LogP contribution in [0.1, 0.15) is 58.4 Å². The standard InChI is InChI=1S/C19H32N2/c1-4-13-20-14-17-9-11-19(12-10-17)21(15-16(2)3)18-7-5-6-8-18/h9-12,16,18,20H,4-8,13-15H2,1-3H3. The molecule has 0 spiro atoms. The lowest BCUT2D eigenvalue weighted by Gasteiger charge is -2.33. The summed E-state index contributed by atoms with van der Waals surface area (Å²) in [4.78, 5) is 2.65. The number of anilines is 1. The Morgan fingerprint density at radius 3 is 2.38 bits per heavy atom. The number of nitrogens with one attached hydrogen (secondary N) is 1. The van der Waals surface area contributed by atoms with Gasteiger partial charge in [-0.05, 0) is 49.4 Å². The molecule has 0 aliphatic heterocycles. The Bertz CT molecular complexity index is 391. The highest BCUT2D eigenvalue weighted by molar-refractivity contribution is 5.49. The molecule has 1 aliphatic carbocycles. The first-order valence-electron chi connectivity index (χ1n) is 8.77. The monoisotopic (exact) mass is 288 g/mol. The molecule has 0 atom stereocenters. The third-order valence-electron chi connectivity index (χ3n) is 4.35. The van der Waals surface area contributed by atoms with E-state index in [0.717, 1.165) is 25.0 Å². The van der Waals surface area contributed by atoms with Crippen molar-refractivity contribution in [2.24, 2.45) is 5.92 Å². The van der Waals surface area contributed by atoms with Crippen molar-refractivity contribution in [2.45, 2.75) is 65.5 Å². The number of hydrogen-bond donors (Lipinski definition) is 1. The maximum absolute atomic E-state index is 3.47. The summed E-state index contributed by atoms with van der Waals surface area (Å²) in [5.74, 6) is 0.719. The fraction of sp³-hybridized carbons (Fsp3) is 0.684. The lowest BCUT2D eigenvalue weighted by atomic mass is 10.1. The summed E-state index contributed by atoms with van der Waals surface area (Å²) in [6, 6.07) is 9.99. The zero-order valence-corrected chi connectivity index (χ0v) is 14.1. The molecule has 2 rings (SSSR count). The Kier molecular flexibility index (Phi) is 6.56. The first kappa shape index (κ1) is 16.4. The molecule has 0 bridgehead atoms. The smallest absolute Gasteiger partial charge is 0.0368 e. The zero-order chi connectivity index (χ0) is 15.1. The van der Waals surface area contributed by atoms with Crippen LogP contribution < -0.4 is 10.2 Å². The molecule has 2 nitrogen and oxygen atoms in total. The molecule has 1 aromatic rings. The largest absolute Gasteiger partial charge is 0.368 e. The second-order valence-electron chi connectivity index (χ2n) is 6.83. The molecule has 0 aromatic heterocycles. The second-order valence-corrected chi connectivity index (χ2v) is 6.83. The molecule has 0 heterocycles. The van der Waals surface area contributed by atoms with Gasteiger partial charge < -0.3 is 10.2 Å². The number of hydrogen-bond acceptors (Lipinski definition) is 2. The quantitative estimate of drug-likeness (QED) is 0.704. The van der Waals surface area contributed by atoms with Crippen molar-refractivity contribution in [1.82, 2.24) is 5.32 Å². The van der Waals surface area contributed by atoms with E-state index >= 15 is 0 Å². The molecule has 1 saturated carbocycles. The third kappa shape index (κ3) is 5.03. The van der Waals surface area contributed by atoms with E-state index < -0.39 is 0 Å². The van der Waals surface area contributed by atoms with Crippen LogP contribution in [-0.4, -0.2) is 19.1 Å². The molecular formula is C19H32N2. The zero-order valence-electron chi connectivity index (χ0n) is 14.1. The molecule has 2 heteroatoms. The van der Waals surface area contributed by atoms with Gasteiger partial charge in [0.1, 0.15) is 0 Å². The Labute approximate surface area is 130 Å². The van der Waals surface area contributed by atoms with Gasteiger partial charge >= 0.3 is 0 Å². The number of rotatable bonds is 8. The van der Waals surface area contributed by atoms with Crippen molar-refractivity contribution in [2.75, 3.05) is 18.0 Å². The van der Waals surface area contributed by atoms with E-state index in [2.05, 4.69) is 55.3 Å². The molecule has 0 radical (unpaired) electrons. The molecule has 1 fully saturated rings. The van der Waals surface area contributed by atoms with E-state index in [1.165, 1.54) is 49.9 Å². The Hall–Kier alpha value is -1.02. The van der Waals surface area contributed by atoms with Gasteiger partial charge in [0.25, 0.3) is 0 Å². The predicted molar refractivity (Wildman–Crippen MR) is 92.9 cm³/mol. The summed E-state index contributed by atoms with van der Waals surface area (Å²) >= 11 is 0. The van der Waals surface area contributed by atoms with Gasteiger partial charge in [0.15, 0.2) is 0 Å². The van der Waals surface area contributed by atoms with E-state index in [4.69, 9.17) is 0 Å². The summed E-state index contributed by atoms with van der Waals surface area (Å²) in [6.07, 6.45) is 6.73. The molecule has 1 aromatic carbocycles. The van der Waals surface area contributed by atoms with E-state index in [1.807, 2.05) is 0 Å². The first-order chi connectivity index (χ1) is 10.2. The van der Waals surface area contributed by atoms with Crippen molar-refractivity contribution in [1.29, 1.82) is 0 Å². The van der Waals surface area contributed by atoms with Gasteiger partial charge in [-0.15, -0.1) is 0 Å². The lowest BCUT2D eigenvalue weighted by molar-refractivity contribution is 0.536. The van der Waals surface area contributed by atoms with Crippen molar-refractivity contribution in [3.05, 3.63) is 29.8 Å². The fourth-order valence-electron chi connectivity index (χ4n) is 3.29. The number of benzene rings is 1. The van der Waals surface area contributed by atoms with E-state index in [-0.39, 0.29) is 0 Å². The molecule has 0 saturated heterocycles. The van der Waals surface area contributed by atoms with Crippen molar-refractivity contribution in [3.8, 4) is 0 Å². The number of nitrogens with zero attached hydrogens (tertiary/aromatic N) is 1. The van der Waals surface area contributed by atoms with Crippen LogP contribution in [0.3, 0.4) is 0 Å². The summed E-state index contributed by atoms with van der Waals surface area (Å²) in [5, 5.41) is 3.47. The predicted octanol–water partition coefficient (Wildman–Crippen LogP) is 4.59. The average molecular weight is 288 g/mol. The Balaban J connectivity index is 2.01. The average Bonchev–Trinajstić information content (AvgIpc) is 3.00. The summed E-state index contributed by atoms with van der Waals surface area (Å²) < 4.78 is 0. The maximum Gasteiger partial charge on any atom is 0.0368 e. The normalized spacial score (nSPS) is 15.8. The van der Waals surface area contributed by atoms with Gasteiger partial charge in [-0.3, -0.25) is 0 Å². The maximum atomic E-state index is 3.47. The van der Waals surface area contributed by atoms with Crippen molar-refractivity contribution in [3.63, 3.8) is 0 Å². The Morgan fingerprint density at radius 2 is 1.81 bits per heavy atom. The minimum Gasteiger partial charge on any atom is -0.368 e. The first-order valence-corrected chi connectivity index (χ1v) is 8.77. The second kappa shape index (κ2) is 8.43. The van der Waals surface area contributed by atoms with Crippen LogP contribution in [0, 0.1) is 5.92 Å². The molecule has 0 amide bonds. The van der Waals surface area contributed by atoms with Gasteiger partial charge in [0.05, 0.1) is 0 Å². The molecular weight excluding hydrogens is 256 g/mol. The van der Waals surface area contributed by atoms with Crippen LogP contribution in [0.25, 0.3) is 0 Å². The third-order valence-corrected chi connectivity index (χ3v) is 4.35. The highest BCUT2D eigenvalue weighted by atomic mass is 15.2. The van der Waals surface area contributed by atoms with Gasteiger partial charge in [-0.1, -0.05) is 45.7 Å². The minimum atomic E-state index is 0.719. The van der Waals surface area contributed by atoms with Crippen LogP contribution in [0.2, 0.25) is 0 Å². The van der Waals surface area contributed by atoms with Crippen molar-refractivity contribution < 1.29 is 0 Å². The highest BCUT2D eigenvalue weighted by Crippen LogP contribution is 2.29. The van der Waals surface area contributed by atoms with Crippen LogP contribution in [-0.2, 0) is 6.54 Å². The van der Waals surface area contributed by atoms with E-state index in [0.29, 0.717) is 0 Å². The Morgan fingerprint density at radius 1 is 1.14 bits per heavy atom. The fourth-order valence-corrected chi connectivity index (χ4v) is 3.29. The van der Waals surface area contributed by atoms with Crippen LogP contribution >= 0.6 is 0 Å². The van der Waals surface area contributed by atoms with Crippen LogP contribution in [0.15, 0.2) is 24.3 Å². The lowest BCUT2D eigenvalue weighted by Crippen LogP contribution is -2.36. The molecule has 118 valence electrons. The van der Waals surface area contributed by atoms with Crippen molar-refractivity contribution >= 4 is 5.69 Å². The SMILES string of the molecule is CCCNCc1ccc(N(CC(C)C)C2CCCC2)cc1. The van der Waals surface area contributed by atoms with Crippen LogP contribution in [0.5, 0.6) is 0 Å².